The summed E-state index contributed by atoms with van der Waals surface area (Å²) in [5.74, 6) is 0.0572. The van der Waals surface area contributed by atoms with Crippen LogP contribution in [0.5, 0.6) is 0 Å². The Morgan fingerprint density at radius 3 is 2.65 bits per heavy atom. The third kappa shape index (κ3) is 4.50. The molecule has 6 nitrogen and oxygen atoms in total. The average molecular weight is 420 g/mol. The number of aromatic nitrogens is 2. The lowest BCUT2D eigenvalue weighted by Gasteiger charge is -2.33. The predicted molar refractivity (Wildman–Crippen MR) is 119 cm³/mol. The van der Waals surface area contributed by atoms with Crippen molar-refractivity contribution < 1.29 is 9.18 Å². The molecule has 0 aliphatic carbocycles. The highest BCUT2D eigenvalue weighted by atomic mass is 19.1. The Hall–Kier alpha value is -3.48. The first kappa shape index (κ1) is 20.8. The number of nitrogens with one attached hydrogen (secondary N) is 1. The van der Waals surface area contributed by atoms with Gasteiger partial charge in [0, 0.05) is 24.8 Å². The van der Waals surface area contributed by atoms with Crippen LogP contribution in [0, 0.1) is 25.6 Å². The highest BCUT2D eigenvalue weighted by Crippen LogP contribution is 2.24. The van der Waals surface area contributed by atoms with Crippen molar-refractivity contribution in [1.29, 1.82) is 0 Å². The molecule has 31 heavy (non-hydrogen) atoms. The van der Waals surface area contributed by atoms with E-state index >= 15 is 0 Å². The third-order valence-electron chi connectivity index (χ3n) is 5.84. The number of amides is 1. The Balaban J connectivity index is 1.52. The molecular formula is C24H25FN4O2. The molecule has 1 atom stereocenters. The topological polar surface area (TPSA) is 67.2 Å². The molecular weight excluding hydrogens is 395 g/mol. The van der Waals surface area contributed by atoms with Crippen molar-refractivity contribution in [2.24, 2.45) is 5.92 Å². The zero-order chi connectivity index (χ0) is 22.0. The molecule has 160 valence electrons. The van der Waals surface area contributed by atoms with Crippen LogP contribution >= 0.6 is 0 Å². The first-order valence-corrected chi connectivity index (χ1v) is 10.4. The fraction of sp³-hybridized carbons (Fsp3) is 0.292. The molecule has 7 heteroatoms. The molecule has 1 aliphatic rings. The van der Waals surface area contributed by atoms with Gasteiger partial charge >= 0.3 is 0 Å². The Bertz CT molecular complexity index is 1160. The lowest BCUT2D eigenvalue weighted by Crippen LogP contribution is -2.42. The van der Waals surface area contributed by atoms with E-state index < -0.39 is 0 Å². The van der Waals surface area contributed by atoms with Crippen molar-refractivity contribution in [3.63, 3.8) is 0 Å². The molecule has 1 amide bonds. The number of nitrogens with zero attached hydrogens (tertiary/aromatic N) is 3. The summed E-state index contributed by atoms with van der Waals surface area (Å²) in [7, 11) is 0. The van der Waals surface area contributed by atoms with Crippen molar-refractivity contribution in [2.75, 3.05) is 23.3 Å². The van der Waals surface area contributed by atoms with E-state index in [1.807, 2.05) is 36.9 Å². The minimum atomic E-state index is -0.373. The monoisotopic (exact) mass is 420 g/mol. The van der Waals surface area contributed by atoms with E-state index in [0.717, 1.165) is 36.2 Å². The largest absolute Gasteiger partial charge is 0.354 e. The molecule has 1 aliphatic heterocycles. The summed E-state index contributed by atoms with van der Waals surface area (Å²) >= 11 is 0. The Morgan fingerprint density at radius 2 is 1.87 bits per heavy atom. The summed E-state index contributed by atoms with van der Waals surface area (Å²) < 4.78 is 14.5. The van der Waals surface area contributed by atoms with Crippen LogP contribution in [0.15, 0.2) is 59.4 Å². The van der Waals surface area contributed by atoms with E-state index in [9.17, 15) is 14.0 Å². The van der Waals surface area contributed by atoms with Crippen molar-refractivity contribution in [3.8, 4) is 5.69 Å². The summed E-state index contributed by atoms with van der Waals surface area (Å²) in [4.78, 5) is 27.3. The number of rotatable bonds is 4. The molecule has 1 N–H and O–H groups in total. The summed E-state index contributed by atoms with van der Waals surface area (Å²) in [6, 6.07) is 14.6. The van der Waals surface area contributed by atoms with E-state index in [1.165, 1.54) is 35.0 Å². The average Bonchev–Trinajstić information content (AvgIpc) is 2.78. The fourth-order valence-corrected chi connectivity index (χ4v) is 3.86. The Morgan fingerprint density at radius 1 is 1.10 bits per heavy atom. The number of anilines is 2. The quantitative estimate of drug-likeness (QED) is 0.696. The van der Waals surface area contributed by atoms with Gasteiger partial charge in [-0.15, -0.1) is 5.10 Å². The summed E-state index contributed by atoms with van der Waals surface area (Å²) in [6.07, 6.45) is 1.65. The van der Waals surface area contributed by atoms with Crippen molar-refractivity contribution in [2.45, 2.75) is 26.7 Å². The first-order valence-electron chi connectivity index (χ1n) is 10.4. The van der Waals surface area contributed by atoms with Crippen molar-refractivity contribution in [1.82, 2.24) is 9.78 Å². The lowest BCUT2D eigenvalue weighted by atomic mass is 9.96. The van der Waals surface area contributed by atoms with Crippen LogP contribution in [-0.2, 0) is 4.79 Å². The zero-order valence-corrected chi connectivity index (χ0v) is 17.6. The molecule has 1 fully saturated rings. The van der Waals surface area contributed by atoms with Gasteiger partial charge in [-0.2, -0.15) is 4.68 Å². The van der Waals surface area contributed by atoms with Crippen molar-refractivity contribution in [3.05, 3.63) is 81.9 Å². The van der Waals surface area contributed by atoms with Crippen LogP contribution in [0.1, 0.15) is 24.0 Å². The van der Waals surface area contributed by atoms with Crippen molar-refractivity contribution >= 4 is 17.4 Å². The molecule has 1 aromatic heterocycles. The summed E-state index contributed by atoms with van der Waals surface area (Å²) in [5, 5.41) is 7.54. The second kappa shape index (κ2) is 8.71. The lowest BCUT2D eigenvalue weighted by molar-refractivity contribution is -0.120. The van der Waals surface area contributed by atoms with Gasteiger partial charge in [-0.25, -0.2) is 4.39 Å². The maximum atomic E-state index is 13.2. The van der Waals surface area contributed by atoms with Gasteiger partial charge in [0.05, 0.1) is 11.6 Å². The number of piperidine rings is 1. The van der Waals surface area contributed by atoms with Gasteiger partial charge in [-0.05, 0) is 74.2 Å². The number of aryl methyl sites for hydroxylation is 1. The van der Waals surface area contributed by atoms with Crippen LogP contribution in [0.25, 0.3) is 5.69 Å². The maximum Gasteiger partial charge on any atom is 0.271 e. The van der Waals surface area contributed by atoms with E-state index in [4.69, 9.17) is 0 Å². The van der Waals surface area contributed by atoms with Gasteiger partial charge in [0.2, 0.25) is 5.91 Å². The Labute approximate surface area is 180 Å². The normalized spacial score (nSPS) is 16.2. The SMILES string of the molecule is Cc1cccc(NC(=O)[C@H]2CCCN(c3ccc(=O)n(-c4ccc(F)cc4)n3)C2)c1C. The van der Waals surface area contributed by atoms with Crippen LogP contribution in [0.2, 0.25) is 0 Å². The molecule has 2 heterocycles. The smallest absolute Gasteiger partial charge is 0.271 e. The van der Waals surface area contributed by atoms with Gasteiger partial charge in [-0.3, -0.25) is 9.59 Å². The van der Waals surface area contributed by atoms with E-state index in [0.29, 0.717) is 18.1 Å². The third-order valence-corrected chi connectivity index (χ3v) is 5.84. The second-order valence-corrected chi connectivity index (χ2v) is 7.94. The summed E-state index contributed by atoms with van der Waals surface area (Å²) in [5.41, 5.74) is 3.24. The van der Waals surface area contributed by atoms with Gasteiger partial charge < -0.3 is 10.2 Å². The van der Waals surface area contributed by atoms with Gasteiger partial charge in [0.1, 0.15) is 11.6 Å². The Kier molecular flexibility index (Phi) is 5.84. The van der Waals surface area contributed by atoms with E-state index in [2.05, 4.69) is 10.4 Å². The molecule has 2 aromatic carbocycles. The maximum absolute atomic E-state index is 13.2. The highest BCUT2D eigenvalue weighted by Gasteiger charge is 2.27. The van der Waals surface area contributed by atoms with E-state index in [-0.39, 0.29) is 23.2 Å². The van der Waals surface area contributed by atoms with Gasteiger partial charge in [0.15, 0.2) is 0 Å². The number of halogens is 1. The number of hydrogen-bond donors (Lipinski definition) is 1. The molecule has 0 unspecified atom stereocenters. The minimum absolute atomic E-state index is 0.00902. The zero-order valence-electron chi connectivity index (χ0n) is 17.6. The number of hydrogen-bond acceptors (Lipinski definition) is 4. The fourth-order valence-electron chi connectivity index (χ4n) is 3.86. The number of carbonyl (C=O) groups excluding carboxylic acids is 1. The first-order chi connectivity index (χ1) is 14.9. The number of benzene rings is 2. The molecule has 0 radical (unpaired) electrons. The minimum Gasteiger partial charge on any atom is -0.354 e. The summed E-state index contributed by atoms with van der Waals surface area (Å²) in [6.45, 7) is 5.29. The van der Waals surface area contributed by atoms with E-state index in [1.54, 1.807) is 6.07 Å². The molecule has 4 rings (SSSR count). The number of carbonyl (C=O) groups is 1. The molecule has 0 bridgehead atoms. The predicted octanol–water partition coefficient (Wildman–Crippen LogP) is 3.84. The molecule has 0 saturated carbocycles. The van der Waals surface area contributed by atoms with Crippen LogP contribution < -0.4 is 15.8 Å². The molecule has 0 spiro atoms. The second-order valence-electron chi connectivity index (χ2n) is 7.94. The van der Waals surface area contributed by atoms with Gasteiger partial charge in [-0.1, -0.05) is 12.1 Å². The molecule has 1 saturated heterocycles. The molecule has 3 aromatic rings. The van der Waals surface area contributed by atoms with Crippen LogP contribution in [0.4, 0.5) is 15.9 Å². The highest BCUT2D eigenvalue weighted by molar-refractivity contribution is 5.93. The van der Waals surface area contributed by atoms with Crippen LogP contribution in [-0.4, -0.2) is 28.8 Å². The van der Waals surface area contributed by atoms with Gasteiger partial charge in [0.25, 0.3) is 5.56 Å². The standard InChI is InChI=1S/C24H25FN4O2/c1-16-5-3-7-21(17(16)2)26-24(31)18-6-4-14-28(15-18)22-12-13-23(30)29(27-22)20-10-8-19(25)9-11-20/h3,5,7-13,18H,4,6,14-15H2,1-2H3,(H,26,31)/t18-/m0/s1. The van der Waals surface area contributed by atoms with Crippen LogP contribution in [0.3, 0.4) is 0 Å².